The predicted molar refractivity (Wildman–Crippen MR) is 37.6 cm³/mol. The van der Waals surface area contributed by atoms with Gasteiger partial charge in [-0.05, 0) is 0 Å². The van der Waals surface area contributed by atoms with Crippen molar-refractivity contribution >= 4 is 5.91 Å². The summed E-state index contributed by atoms with van der Waals surface area (Å²) in [4.78, 5) is 9.86. The molecule has 0 unspecified atom stereocenters. The zero-order valence-electron chi connectivity index (χ0n) is 5.98. The van der Waals surface area contributed by atoms with E-state index in [0.29, 0.717) is 6.67 Å². The second kappa shape index (κ2) is 10.4. The Hall–Kier alpha value is -0.610. The number of rotatable bonds is 3. The van der Waals surface area contributed by atoms with Crippen molar-refractivity contribution < 1.29 is 4.79 Å². The van der Waals surface area contributed by atoms with Crippen LogP contribution in [0.3, 0.4) is 0 Å². The van der Waals surface area contributed by atoms with Crippen LogP contribution in [0, 0.1) is 0 Å². The number of primary amides is 1. The minimum absolute atomic E-state index is 0.163. The SMILES string of the molecule is CC.NCNCC(N)=O. The number of hydrogen-bond acceptors (Lipinski definition) is 3. The Morgan fingerprint density at radius 2 is 2.00 bits per heavy atom. The lowest BCUT2D eigenvalue weighted by Crippen LogP contribution is -2.32. The highest BCUT2D eigenvalue weighted by atomic mass is 16.1. The molecule has 0 aromatic rings. The Morgan fingerprint density at radius 1 is 1.56 bits per heavy atom. The third kappa shape index (κ3) is 18.7. The molecule has 0 rings (SSSR count). The first-order valence-electron chi connectivity index (χ1n) is 2.96. The molecule has 0 saturated heterocycles. The number of carbonyl (C=O) groups excluding carboxylic acids is 1. The van der Waals surface area contributed by atoms with Crippen LogP contribution in [0.15, 0.2) is 0 Å². The number of nitrogens with two attached hydrogens (primary N) is 2. The first-order valence-corrected chi connectivity index (χ1v) is 2.96. The highest BCUT2D eigenvalue weighted by molar-refractivity contribution is 5.75. The standard InChI is InChI=1S/C3H9N3O.C2H6/c4-2-6-1-3(5)7;1-2/h6H,1-2,4H2,(H2,5,7);1-2H3. The van der Waals surface area contributed by atoms with E-state index in [9.17, 15) is 4.79 Å². The Bertz CT molecular complexity index is 65.2. The maximum absolute atomic E-state index is 9.86. The third-order valence-electron chi connectivity index (χ3n) is 0.444. The van der Waals surface area contributed by atoms with Gasteiger partial charge in [0.15, 0.2) is 0 Å². The monoisotopic (exact) mass is 133 g/mol. The molecule has 0 saturated carbocycles. The molecule has 0 aliphatic carbocycles. The molecule has 0 spiro atoms. The van der Waals surface area contributed by atoms with Crippen LogP contribution in [-0.2, 0) is 4.79 Å². The quantitative estimate of drug-likeness (QED) is 0.432. The van der Waals surface area contributed by atoms with E-state index in [2.05, 4.69) is 5.32 Å². The molecular formula is C5H15N3O. The van der Waals surface area contributed by atoms with Crippen LogP contribution < -0.4 is 16.8 Å². The molecule has 56 valence electrons. The average molecular weight is 133 g/mol. The summed E-state index contributed by atoms with van der Waals surface area (Å²) in [5.74, 6) is -0.384. The molecule has 0 aromatic carbocycles. The van der Waals surface area contributed by atoms with E-state index < -0.39 is 0 Å². The van der Waals surface area contributed by atoms with E-state index in [1.807, 2.05) is 13.8 Å². The van der Waals surface area contributed by atoms with Gasteiger partial charge in [0, 0.05) is 6.67 Å². The number of hydrogen-bond donors (Lipinski definition) is 3. The molecule has 0 aromatic heterocycles. The maximum atomic E-state index is 9.86. The van der Waals surface area contributed by atoms with Crippen molar-refractivity contribution in [1.82, 2.24) is 5.32 Å². The maximum Gasteiger partial charge on any atom is 0.231 e. The summed E-state index contributed by atoms with van der Waals surface area (Å²) >= 11 is 0. The first-order chi connectivity index (χ1) is 4.27. The lowest BCUT2D eigenvalue weighted by Gasteiger charge is -1.91. The molecule has 0 heterocycles. The summed E-state index contributed by atoms with van der Waals surface area (Å²) in [5, 5.41) is 2.55. The van der Waals surface area contributed by atoms with Gasteiger partial charge in [-0.25, -0.2) is 0 Å². The molecule has 9 heavy (non-hydrogen) atoms. The third-order valence-corrected chi connectivity index (χ3v) is 0.444. The first kappa shape index (κ1) is 11.2. The molecule has 5 N–H and O–H groups in total. The highest BCUT2D eigenvalue weighted by Crippen LogP contribution is 1.48. The fourth-order valence-corrected chi connectivity index (χ4v) is 0.195. The van der Waals surface area contributed by atoms with E-state index in [1.165, 1.54) is 0 Å². The van der Waals surface area contributed by atoms with Gasteiger partial charge in [-0.3, -0.25) is 10.1 Å². The van der Waals surface area contributed by atoms with Crippen LogP contribution in [0.4, 0.5) is 0 Å². The number of nitrogens with one attached hydrogen (secondary N) is 1. The zero-order chi connectivity index (χ0) is 7.70. The minimum Gasteiger partial charge on any atom is -0.369 e. The van der Waals surface area contributed by atoms with E-state index in [1.54, 1.807) is 0 Å². The zero-order valence-corrected chi connectivity index (χ0v) is 5.98. The summed E-state index contributed by atoms with van der Waals surface area (Å²) in [5.41, 5.74) is 9.68. The second-order valence-corrected chi connectivity index (χ2v) is 1.10. The van der Waals surface area contributed by atoms with Crippen molar-refractivity contribution in [3.63, 3.8) is 0 Å². The van der Waals surface area contributed by atoms with Gasteiger partial charge in [-0.15, -0.1) is 0 Å². The van der Waals surface area contributed by atoms with Crippen LogP contribution in [-0.4, -0.2) is 19.1 Å². The van der Waals surface area contributed by atoms with Gasteiger partial charge in [0.1, 0.15) is 0 Å². The van der Waals surface area contributed by atoms with Gasteiger partial charge in [0.2, 0.25) is 5.91 Å². The van der Waals surface area contributed by atoms with E-state index in [-0.39, 0.29) is 12.5 Å². The Morgan fingerprint density at radius 3 is 2.11 bits per heavy atom. The Labute approximate surface area is 55.6 Å². The van der Waals surface area contributed by atoms with Gasteiger partial charge < -0.3 is 11.5 Å². The summed E-state index contributed by atoms with van der Waals surface area (Å²) in [6.07, 6.45) is 0. The molecule has 0 radical (unpaired) electrons. The second-order valence-electron chi connectivity index (χ2n) is 1.10. The molecule has 4 heteroatoms. The molecular weight excluding hydrogens is 118 g/mol. The summed E-state index contributed by atoms with van der Waals surface area (Å²) in [7, 11) is 0. The highest BCUT2D eigenvalue weighted by Gasteiger charge is 1.86. The predicted octanol–water partition coefficient (Wildman–Crippen LogP) is -0.996. The van der Waals surface area contributed by atoms with Crippen molar-refractivity contribution in [3.8, 4) is 0 Å². The van der Waals surface area contributed by atoms with Crippen LogP contribution >= 0.6 is 0 Å². The van der Waals surface area contributed by atoms with Crippen molar-refractivity contribution in [2.75, 3.05) is 13.2 Å². The molecule has 4 nitrogen and oxygen atoms in total. The minimum atomic E-state index is -0.384. The number of amides is 1. The Balaban J connectivity index is 0. The molecule has 0 fully saturated rings. The molecule has 0 aliphatic heterocycles. The number of carbonyl (C=O) groups is 1. The van der Waals surface area contributed by atoms with Gasteiger partial charge in [-0.1, -0.05) is 13.8 Å². The normalized spacial score (nSPS) is 7.44. The largest absolute Gasteiger partial charge is 0.369 e. The van der Waals surface area contributed by atoms with Crippen LogP contribution in [0.2, 0.25) is 0 Å². The van der Waals surface area contributed by atoms with E-state index >= 15 is 0 Å². The fraction of sp³-hybridized carbons (Fsp3) is 0.800. The van der Waals surface area contributed by atoms with Crippen molar-refractivity contribution in [2.45, 2.75) is 13.8 Å². The molecule has 0 bridgehead atoms. The van der Waals surface area contributed by atoms with Gasteiger partial charge in [-0.2, -0.15) is 0 Å². The van der Waals surface area contributed by atoms with Crippen LogP contribution in [0.25, 0.3) is 0 Å². The summed E-state index contributed by atoms with van der Waals surface area (Å²) in [6.45, 7) is 4.46. The van der Waals surface area contributed by atoms with Crippen LogP contribution in [0.5, 0.6) is 0 Å². The molecule has 0 aliphatic rings. The summed E-state index contributed by atoms with van der Waals surface area (Å²) < 4.78 is 0. The van der Waals surface area contributed by atoms with E-state index in [0.717, 1.165) is 0 Å². The Kier molecular flexibility index (Phi) is 13.0. The van der Waals surface area contributed by atoms with Gasteiger partial charge >= 0.3 is 0 Å². The van der Waals surface area contributed by atoms with Crippen LogP contribution in [0.1, 0.15) is 13.8 Å². The van der Waals surface area contributed by atoms with Crippen molar-refractivity contribution in [1.29, 1.82) is 0 Å². The average Bonchev–Trinajstić information content (AvgIpc) is 1.88. The van der Waals surface area contributed by atoms with Gasteiger partial charge in [0.05, 0.1) is 6.54 Å². The topological polar surface area (TPSA) is 81.1 Å². The van der Waals surface area contributed by atoms with E-state index in [4.69, 9.17) is 11.5 Å². The van der Waals surface area contributed by atoms with Crippen molar-refractivity contribution in [2.24, 2.45) is 11.5 Å². The smallest absolute Gasteiger partial charge is 0.231 e. The lowest BCUT2D eigenvalue weighted by atomic mass is 10.6. The lowest BCUT2D eigenvalue weighted by molar-refractivity contribution is -0.117. The fourth-order valence-electron chi connectivity index (χ4n) is 0.195. The molecule has 0 atom stereocenters. The van der Waals surface area contributed by atoms with Crippen molar-refractivity contribution in [3.05, 3.63) is 0 Å². The molecule has 1 amide bonds. The summed E-state index contributed by atoms with van der Waals surface area (Å²) in [6, 6.07) is 0. The van der Waals surface area contributed by atoms with Gasteiger partial charge in [0.25, 0.3) is 0 Å².